The van der Waals surface area contributed by atoms with Crippen LogP contribution in [0.1, 0.15) is 11.3 Å². The number of furan rings is 1. The molecule has 0 aliphatic carbocycles. The Morgan fingerprint density at radius 2 is 1.92 bits per heavy atom. The van der Waals surface area contributed by atoms with E-state index in [1.165, 1.54) is 0 Å². The maximum atomic E-state index is 12.4. The standard InChI is InChI=1S/C20H19ClN2O3/c21-16-6-3-7-17(11-16)22-20(25)14-23(13-18-8-4-10-26-18)12-15-5-1-2-9-19(15)24/h1-11,24H,12-14H2,(H,22,25). The summed E-state index contributed by atoms with van der Waals surface area (Å²) in [5.74, 6) is 0.775. The van der Waals surface area contributed by atoms with E-state index in [2.05, 4.69) is 5.32 Å². The first-order valence-electron chi connectivity index (χ1n) is 8.17. The maximum Gasteiger partial charge on any atom is 0.238 e. The summed E-state index contributed by atoms with van der Waals surface area (Å²) in [6.45, 7) is 1.00. The summed E-state index contributed by atoms with van der Waals surface area (Å²) in [6, 6.07) is 17.7. The van der Waals surface area contributed by atoms with Gasteiger partial charge in [0.1, 0.15) is 11.5 Å². The normalized spacial score (nSPS) is 10.8. The average Bonchev–Trinajstić information content (AvgIpc) is 3.10. The van der Waals surface area contributed by atoms with Crippen LogP contribution in [-0.2, 0) is 17.9 Å². The molecule has 0 fully saturated rings. The van der Waals surface area contributed by atoms with Gasteiger partial charge < -0.3 is 14.8 Å². The van der Waals surface area contributed by atoms with Gasteiger partial charge >= 0.3 is 0 Å². The number of carbonyl (C=O) groups is 1. The first-order valence-corrected chi connectivity index (χ1v) is 8.55. The monoisotopic (exact) mass is 370 g/mol. The minimum Gasteiger partial charge on any atom is -0.508 e. The number of halogens is 1. The summed E-state index contributed by atoms with van der Waals surface area (Å²) in [5, 5.41) is 13.4. The van der Waals surface area contributed by atoms with Crippen molar-refractivity contribution in [1.82, 2.24) is 4.90 Å². The van der Waals surface area contributed by atoms with Crippen LogP contribution in [-0.4, -0.2) is 22.5 Å². The molecule has 1 aromatic heterocycles. The summed E-state index contributed by atoms with van der Waals surface area (Å²) >= 11 is 5.95. The molecule has 0 saturated heterocycles. The molecule has 1 amide bonds. The van der Waals surface area contributed by atoms with E-state index in [-0.39, 0.29) is 18.2 Å². The average molecular weight is 371 g/mol. The van der Waals surface area contributed by atoms with Crippen LogP contribution in [0.25, 0.3) is 0 Å². The summed E-state index contributed by atoms with van der Waals surface area (Å²) in [4.78, 5) is 14.3. The highest BCUT2D eigenvalue weighted by Crippen LogP contribution is 2.20. The van der Waals surface area contributed by atoms with Crippen molar-refractivity contribution in [1.29, 1.82) is 0 Å². The number of para-hydroxylation sites is 1. The van der Waals surface area contributed by atoms with E-state index < -0.39 is 0 Å². The first kappa shape index (κ1) is 18.0. The van der Waals surface area contributed by atoms with E-state index in [0.717, 1.165) is 11.3 Å². The van der Waals surface area contributed by atoms with Gasteiger partial charge in [0.2, 0.25) is 5.91 Å². The molecule has 2 N–H and O–H groups in total. The summed E-state index contributed by atoms with van der Waals surface area (Å²) in [7, 11) is 0. The van der Waals surface area contributed by atoms with Gasteiger partial charge in [-0.1, -0.05) is 35.9 Å². The molecule has 0 aliphatic rings. The van der Waals surface area contributed by atoms with E-state index in [0.29, 0.717) is 23.8 Å². The number of hydrogen-bond donors (Lipinski definition) is 2. The zero-order valence-corrected chi connectivity index (χ0v) is 14.8. The summed E-state index contributed by atoms with van der Waals surface area (Å²) < 4.78 is 5.39. The Hall–Kier alpha value is -2.76. The number of aromatic hydroxyl groups is 1. The van der Waals surface area contributed by atoms with Crippen molar-refractivity contribution in [2.75, 3.05) is 11.9 Å². The summed E-state index contributed by atoms with van der Waals surface area (Å²) in [6.07, 6.45) is 1.60. The highest BCUT2D eigenvalue weighted by molar-refractivity contribution is 6.30. The van der Waals surface area contributed by atoms with Crippen LogP contribution in [0, 0.1) is 0 Å². The third-order valence-electron chi connectivity index (χ3n) is 3.82. The number of rotatable bonds is 7. The second-order valence-electron chi connectivity index (χ2n) is 5.91. The molecule has 26 heavy (non-hydrogen) atoms. The largest absolute Gasteiger partial charge is 0.508 e. The van der Waals surface area contributed by atoms with Crippen molar-refractivity contribution in [2.45, 2.75) is 13.1 Å². The number of carbonyl (C=O) groups excluding carboxylic acids is 1. The molecule has 6 heteroatoms. The SMILES string of the molecule is O=C(CN(Cc1ccco1)Cc1ccccc1O)Nc1cccc(Cl)c1. The number of hydrogen-bond acceptors (Lipinski definition) is 4. The Morgan fingerprint density at radius 3 is 2.65 bits per heavy atom. The molecule has 3 rings (SSSR count). The van der Waals surface area contributed by atoms with Crippen molar-refractivity contribution in [2.24, 2.45) is 0 Å². The summed E-state index contributed by atoms with van der Waals surface area (Å²) in [5.41, 5.74) is 1.39. The fourth-order valence-electron chi connectivity index (χ4n) is 2.65. The molecule has 0 spiro atoms. The van der Waals surface area contributed by atoms with Gasteiger partial charge in [0.15, 0.2) is 0 Å². The van der Waals surface area contributed by atoms with E-state index in [1.54, 1.807) is 48.7 Å². The molecule has 0 unspecified atom stereocenters. The molecule has 0 atom stereocenters. The quantitative estimate of drug-likeness (QED) is 0.651. The van der Waals surface area contributed by atoms with Gasteiger partial charge in [-0.2, -0.15) is 0 Å². The first-order chi connectivity index (χ1) is 12.6. The Bertz CT molecular complexity index is 865. The fraction of sp³-hybridized carbons (Fsp3) is 0.150. The smallest absolute Gasteiger partial charge is 0.238 e. The number of phenolic OH excluding ortho intramolecular Hbond substituents is 1. The van der Waals surface area contributed by atoms with Crippen molar-refractivity contribution in [3.63, 3.8) is 0 Å². The number of amides is 1. The highest BCUT2D eigenvalue weighted by atomic mass is 35.5. The molecule has 3 aromatic rings. The van der Waals surface area contributed by atoms with Crippen LogP contribution in [0.3, 0.4) is 0 Å². The van der Waals surface area contributed by atoms with Gasteiger partial charge in [0.25, 0.3) is 0 Å². The fourth-order valence-corrected chi connectivity index (χ4v) is 2.84. The van der Waals surface area contributed by atoms with E-state index in [1.807, 2.05) is 23.1 Å². The van der Waals surface area contributed by atoms with E-state index in [4.69, 9.17) is 16.0 Å². The molecule has 2 aromatic carbocycles. The number of anilines is 1. The molecule has 5 nitrogen and oxygen atoms in total. The molecule has 1 heterocycles. The predicted molar refractivity (Wildman–Crippen MR) is 101 cm³/mol. The lowest BCUT2D eigenvalue weighted by atomic mass is 10.2. The number of phenols is 1. The molecule has 0 bridgehead atoms. The Balaban J connectivity index is 1.70. The minimum absolute atomic E-state index is 0.140. The van der Waals surface area contributed by atoms with Crippen molar-refractivity contribution >= 4 is 23.2 Å². The van der Waals surface area contributed by atoms with Crippen molar-refractivity contribution in [3.05, 3.63) is 83.3 Å². The minimum atomic E-state index is -0.172. The van der Waals surface area contributed by atoms with Crippen LogP contribution in [0.5, 0.6) is 5.75 Å². The third kappa shape index (κ3) is 5.12. The van der Waals surface area contributed by atoms with Crippen molar-refractivity contribution < 1.29 is 14.3 Å². The van der Waals surface area contributed by atoms with Crippen LogP contribution < -0.4 is 5.32 Å². The van der Waals surface area contributed by atoms with Crippen LogP contribution in [0.4, 0.5) is 5.69 Å². The maximum absolute atomic E-state index is 12.4. The van der Waals surface area contributed by atoms with Gasteiger partial charge in [0.05, 0.1) is 19.4 Å². The second kappa shape index (κ2) is 8.56. The molecule has 0 radical (unpaired) electrons. The molecule has 0 saturated carbocycles. The number of benzene rings is 2. The van der Waals surface area contributed by atoms with Crippen LogP contribution in [0.2, 0.25) is 5.02 Å². The topological polar surface area (TPSA) is 65.7 Å². The zero-order valence-electron chi connectivity index (χ0n) is 14.1. The Labute approximate surface area is 156 Å². The predicted octanol–water partition coefficient (Wildman–Crippen LogP) is 4.28. The number of nitrogens with one attached hydrogen (secondary N) is 1. The highest BCUT2D eigenvalue weighted by Gasteiger charge is 2.15. The lowest BCUT2D eigenvalue weighted by molar-refractivity contribution is -0.117. The zero-order chi connectivity index (χ0) is 18.4. The number of nitrogens with zero attached hydrogens (tertiary/aromatic N) is 1. The van der Waals surface area contributed by atoms with Gasteiger partial charge in [-0.3, -0.25) is 9.69 Å². The van der Waals surface area contributed by atoms with E-state index in [9.17, 15) is 9.90 Å². The van der Waals surface area contributed by atoms with Crippen LogP contribution in [0.15, 0.2) is 71.3 Å². The van der Waals surface area contributed by atoms with Gasteiger partial charge in [-0.05, 0) is 36.4 Å². The van der Waals surface area contributed by atoms with E-state index >= 15 is 0 Å². The molecule has 0 aliphatic heterocycles. The van der Waals surface area contributed by atoms with Crippen molar-refractivity contribution in [3.8, 4) is 5.75 Å². The third-order valence-corrected chi connectivity index (χ3v) is 4.06. The lowest BCUT2D eigenvalue weighted by Gasteiger charge is -2.21. The second-order valence-corrected chi connectivity index (χ2v) is 6.35. The Kier molecular flexibility index (Phi) is 5.94. The Morgan fingerprint density at radius 1 is 1.08 bits per heavy atom. The molecular formula is C20H19ClN2O3. The molecule has 134 valence electrons. The van der Waals surface area contributed by atoms with Gasteiger partial charge in [0, 0.05) is 22.8 Å². The van der Waals surface area contributed by atoms with Gasteiger partial charge in [-0.15, -0.1) is 0 Å². The molecular weight excluding hydrogens is 352 g/mol. The lowest BCUT2D eigenvalue weighted by Crippen LogP contribution is -2.32. The van der Waals surface area contributed by atoms with Crippen LogP contribution >= 0.6 is 11.6 Å². The van der Waals surface area contributed by atoms with Gasteiger partial charge in [-0.25, -0.2) is 0 Å².